The molecular weight excluding hydrogens is 254 g/mol. The minimum atomic E-state index is -0.495. The quantitative estimate of drug-likeness (QED) is 0.768. The van der Waals surface area contributed by atoms with Crippen molar-refractivity contribution in [3.8, 4) is 5.75 Å². The fourth-order valence-electron chi connectivity index (χ4n) is 2.48. The zero-order valence-electron chi connectivity index (χ0n) is 12.2. The van der Waals surface area contributed by atoms with Gasteiger partial charge in [0.15, 0.2) is 0 Å². The van der Waals surface area contributed by atoms with Gasteiger partial charge in [-0.3, -0.25) is 0 Å². The van der Waals surface area contributed by atoms with Crippen molar-refractivity contribution >= 4 is 5.69 Å². The highest BCUT2D eigenvalue weighted by atomic mass is 16.5. The molecule has 2 rings (SSSR count). The number of hydrogen-bond acceptors (Lipinski definition) is 4. The fraction of sp³-hybridized carbons (Fsp3) is 0.625. The maximum atomic E-state index is 9.96. The van der Waals surface area contributed by atoms with Crippen LogP contribution in [0.2, 0.25) is 0 Å². The first-order valence-corrected chi connectivity index (χ1v) is 7.55. The van der Waals surface area contributed by atoms with Crippen LogP contribution in [-0.2, 0) is 4.74 Å². The van der Waals surface area contributed by atoms with Gasteiger partial charge in [0.1, 0.15) is 5.75 Å². The van der Waals surface area contributed by atoms with E-state index in [1.807, 2.05) is 31.2 Å². The standard InChI is InChI=1S/C16H25NO3/c1-2-19-16-10-6-5-9-15(16)17-11-13(18)12-20-14-7-3-4-8-14/h5-6,9-10,13-14,17-18H,2-4,7-8,11-12H2,1H3. The van der Waals surface area contributed by atoms with Gasteiger partial charge >= 0.3 is 0 Å². The molecule has 2 N–H and O–H groups in total. The lowest BCUT2D eigenvalue weighted by Crippen LogP contribution is -2.27. The van der Waals surface area contributed by atoms with Gasteiger partial charge in [-0.05, 0) is 31.9 Å². The molecule has 1 fully saturated rings. The van der Waals surface area contributed by atoms with Crippen LogP contribution in [0.25, 0.3) is 0 Å². The van der Waals surface area contributed by atoms with Gasteiger partial charge < -0.3 is 19.9 Å². The number of anilines is 1. The van der Waals surface area contributed by atoms with E-state index in [4.69, 9.17) is 9.47 Å². The fourth-order valence-corrected chi connectivity index (χ4v) is 2.48. The lowest BCUT2D eigenvalue weighted by atomic mass is 10.2. The molecule has 1 aromatic rings. The van der Waals surface area contributed by atoms with Crippen LogP contribution < -0.4 is 10.1 Å². The highest BCUT2D eigenvalue weighted by Crippen LogP contribution is 2.24. The Kier molecular flexibility index (Phi) is 6.15. The van der Waals surface area contributed by atoms with E-state index in [1.54, 1.807) is 0 Å². The second-order valence-electron chi connectivity index (χ2n) is 5.20. The van der Waals surface area contributed by atoms with Gasteiger partial charge in [0.25, 0.3) is 0 Å². The molecule has 0 bridgehead atoms. The number of aliphatic hydroxyl groups is 1. The summed E-state index contributed by atoms with van der Waals surface area (Å²) in [7, 11) is 0. The summed E-state index contributed by atoms with van der Waals surface area (Å²) in [5, 5.41) is 13.2. The van der Waals surface area contributed by atoms with Crippen LogP contribution in [0.5, 0.6) is 5.75 Å². The van der Waals surface area contributed by atoms with E-state index in [9.17, 15) is 5.11 Å². The Labute approximate surface area is 121 Å². The number of nitrogens with one attached hydrogen (secondary N) is 1. The zero-order chi connectivity index (χ0) is 14.2. The Hall–Kier alpha value is -1.26. The molecule has 20 heavy (non-hydrogen) atoms. The molecule has 0 aliphatic heterocycles. The first kappa shape index (κ1) is 15.1. The van der Waals surface area contributed by atoms with Crippen molar-refractivity contribution in [2.75, 3.05) is 25.1 Å². The molecule has 1 saturated carbocycles. The predicted octanol–water partition coefficient (Wildman–Crippen LogP) is 2.82. The van der Waals surface area contributed by atoms with E-state index in [0.717, 1.165) is 24.3 Å². The first-order chi connectivity index (χ1) is 9.79. The number of rotatable bonds is 8. The van der Waals surface area contributed by atoms with Crippen LogP contribution >= 0.6 is 0 Å². The summed E-state index contributed by atoms with van der Waals surface area (Å²) in [5.74, 6) is 0.818. The molecule has 112 valence electrons. The van der Waals surface area contributed by atoms with Crippen molar-refractivity contribution in [2.45, 2.75) is 44.8 Å². The molecule has 0 radical (unpaired) electrons. The summed E-state index contributed by atoms with van der Waals surface area (Å²) in [4.78, 5) is 0. The third-order valence-corrected chi connectivity index (χ3v) is 3.54. The molecule has 1 aliphatic rings. The summed E-state index contributed by atoms with van der Waals surface area (Å²) in [6.45, 7) is 3.46. The Morgan fingerprint density at radius 1 is 1.30 bits per heavy atom. The van der Waals surface area contributed by atoms with E-state index in [0.29, 0.717) is 25.9 Å². The molecule has 4 heteroatoms. The van der Waals surface area contributed by atoms with E-state index >= 15 is 0 Å². The number of ether oxygens (including phenoxy) is 2. The maximum absolute atomic E-state index is 9.96. The van der Waals surface area contributed by atoms with Crippen LogP contribution in [0.4, 0.5) is 5.69 Å². The topological polar surface area (TPSA) is 50.7 Å². The SMILES string of the molecule is CCOc1ccccc1NCC(O)COC1CCCC1. The summed E-state index contributed by atoms with van der Waals surface area (Å²) < 4.78 is 11.2. The second-order valence-corrected chi connectivity index (χ2v) is 5.20. The summed E-state index contributed by atoms with van der Waals surface area (Å²) >= 11 is 0. The van der Waals surface area contributed by atoms with Gasteiger partial charge in [-0.1, -0.05) is 25.0 Å². The van der Waals surface area contributed by atoms with Crippen LogP contribution in [0.1, 0.15) is 32.6 Å². The van der Waals surface area contributed by atoms with Gasteiger partial charge in [-0.25, -0.2) is 0 Å². The van der Waals surface area contributed by atoms with E-state index in [-0.39, 0.29) is 0 Å². The minimum absolute atomic E-state index is 0.348. The van der Waals surface area contributed by atoms with Gasteiger partial charge in [0.05, 0.1) is 31.1 Å². The van der Waals surface area contributed by atoms with Crippen molar-refractivity contribution in [1.82, 2.24) is 0 Å². The Morgan fingerprint density at radius 2 is 2.05 bits per heavy atom. The summed E-state index contributed by atoms with van der Waals surface area (Å²) in [5.41, 5.74) is 0.911. The molecule has 1 aliphatic carbocycles. The maximum Gasteiger partial charge on any atom is 0.142 e. The normalized spacial score (nSPS) is 17.1. The molecule has 0 saturated heterocycles. The largest absolute Gasteiger partial charge is 0.492 e. The second kappa shape index (κ2) is 8.12. The van der Waals surface area contributed by atoms with Gasteiger partial charge in [-0.15, -0.1) is 0 Å². The number of hydrogen-bond donors (Lipinski definition) is 2. The van der Waals surface area contributed by atoms with Crippen molar-refractivity contribution in [2.24, 2.45) is 0 Å². The lowest BCUT2D eigenvalue weighted by molar-refractivity contribution is -0.00118. The van der Waals surface area contributed by atoms with Crippen LogP contribution in [-0.4, -0.2) is 37.1 Å². The van der Waals surface area contributed by atoms with E-state index in [1.165, 1.54) is 12.8 Å². The zero-order valence-corrected chi connectivity index (χ0v) is 12.2. The Balaban J connectivity index is 1.73. The highest BCUT2D eigenvalue weighted by molar-refractivity contribution is 5.56. The van der Waals surface area contributed by atoms with Crippen LogP contribution in [0.3, 0.4) is 0 Å². The van der Waals surface area contributed by atoms with Crippen LogP contribution in [0.15, 0.2) is 24.3 Å². The Morgan fingerprint density at radius 3 is 2.80 bits per heavy atom. The third-order valence-electron chi connectivity index (χ3n) is 3.54. The average molecular weight is 279 g/mol. The number of para-hydroxylation sites is 2. The Bertz CT molecular complexity index is 391. The minimum Gasteiger partial charge on any atom is -0.492 e. The molecule has 0 spiro atoms. The third kappa shape index (κ3) is 4.69. The van der Waals surface area contributed by atoms with E-state index < -0.39 is 6.10 Å². The highest BCUT2D eigenvalue weighted by Gasteiger charge is 2.17. The van der Waals surface area contributed by atoms with Crippen molar-refractivity contribution in [1.29, 1.82) is 0 Å². The van der Waals surface area contributed by atoms with Gasteiger partial charge in [0.2, 0.25) is 0 Å². The number of aliphatic hydroxyl groups excluding tert-OH is 1. The average Bonchev–Trinajstić information content (AvgIpc) is 2.98. The molecular formula is C16H25NO3. The smallest absolute Gasteiger partial charge is 0.142 e. The number of benzene rings is 1. The summed E-state index contributed by atoms with van der Waals surface area (Å²) in [6, 6.07) is 7.77. The molecule has 0 aromatic heterocycles. The molecule has 1 atom stereocenters. The van der Waals surface area contributed by atoms with Crippen LogP contribution in [0, 0.1) is 0 Å². The van der Waals surface area contributed by atoms with Gasteiger partial charge in [-0.2, -0.15) is 0 Å². The molecule has 0 heterocycles. The molecule has 1 aromatic carbocycles. The first-order valence-electron chi connectivity index (χ1n) is 7.55. The molecule has 4 nitrogen and oxygen atoms in total. The van der Waals surface area contributed by atoms with Crippen molar-refractivity contribution in [3.05, 3.63) is 24.3 Å². The monoisotopic (exact) mass is 279 g/mol. The van der Waals surface area contributed by atoms with E-state index in [2.05, 4.69) is 5.32 Å². The van der Waals surface area contributed by atoms with Gasteiger partial charge in [0, 0.05) is 6.54 Å². The van der Waals surface area contributed by atoms with Crippen molar-refractivity contribution in [3.63, 3.8) is 0 Å². The predicted molar refractivity (Wildman–Crippen MR) is 80.3 cm³/mol. The molecule has 1 unspecified atom stereocenters. The lowest BCUT2D eigenvalue weighted by Gasteiger charge is -2.17. The van der Waals surface area contributed by atoms with Crippen molar-refractivity contribution < 1.29 is 14.6 Å². The molecule has 0 amide bonds. The summed E-state index contributed by atoms with van der Waals surface area (Å²) in [6.07, 6.45) is 4.62.